The van der Waals surface area contributed by atoms with Gasteiger partial charge in [-0.25, -0.2) is 0 Å². The van der Waals surface area contributed by atoms with Crippen molar-refractivity contribution in [3.63, 3.8) is 0 Å². The second-order valence-electron chi connectivity index (χ2n) is 23.7. The van der Waals surface area contributed by atoms with Gasteiger partial charge in [0.1, 0.15) is 66.0 Å². The Kier molecular flexibility index (Phi) is 19.0. The smallest absolute Gasteiger partial charge is 0.416 e. The number of hydrogen-bond donors (Lipinski definition) is 0. The van der Waals surface area contributed by atoms with Crippen molar-refractivity contribution in [2.24, 2.45) is 0 Å². The maximum absolute atomic E-state index is 15.0. The molecule has 15 aromatic carbocycles. The van der Waals surface area contributed by atoms with Crippen molar-refractivity contribution in [2.45, 2.75) is 12.4 Å². The number of alkyl halides is 6. The van der Waals surface area contributed by atoms with Crippen molar-refractivity contribution in [1.29, 1.82) is 0 Å². The lowest BCUT2D eigenvalue weighted by Crippen LogP contribution is -2.50. The molecule has 0 unspecified atom stereocenters. The van der Waals surface area contributed by atoms with Gasteiger partial charge in [-0.3, -0.25) is 9.59 Å². The highest BCUT2D eigenvalue weighted by Gasteiger charge is 2.49. The SMILES string of the molecule is O=C(C[P+](c1ccccc1)(c1ccccc1)c1ccccc1)c1c2ccccc2cc2cc3ccccc3cc12.O=C(C[P+](c1ccccc1)(c1ccccc1)c1ccccc1)c1c2ccccc2cc2cc3ccccc3cc12.[O-]B([O-])Oc1cc(C(F)(F)F)cc(C(F)(F)F)c1. The standard InChI is InChI=1S/2C38H28OP.C8H3BF6O3/c2*39-37(38-35-23-13-12-16-30(35)25-31-24-28-14-10-11-15-29(28)26-36(31)38)27-40(32-17-4-1-5-18-32,33-19-6-2-7-20-33)34-21-8-3-9-22-34;10-7(11,12)4-1-5(8(13,14)15)3-6(2-4)18-9(16)17/h2*1-26H,27H2;1-3H/q2*+1;-2. The number of carbonyl (C=O) groups is 2. The number of Topliss-reactive ketones (excluding diaryl/α,β-unsaturated/α-hetero) is 2. The number of ketones is 2. The Morgan fingerprint density at radius 1 is 0.296 bits per heavy atom. The molecule has 0 N–H and O–H groups in total. The molecule has 0 saturated carbocycles. The number of carbonyl (C=O) groups excluding carboxylic acids is 2. The first kappa shape index (κ1) is 66.1. The summed E-state index contributed by atoms with van der Waals surface area (Å²) in [5.74, 6) is -0.712. The van der Waals surface area contributed by atoms with E-state index in [0.717, 1.165) is 65.0 Å². The molecule has 0 saturated heterocycles. The first-order chi connectivity index (χ1) is 47.5. The second kappa shape index (κ2) is 28.2. The third-order valence-electron chi connectivity index (χ3n) is 17.8. The highest BCUT2D eigenvalue weighted by Crippen LogP contribution is 2.58. The minimum absolute atomic E-state index is 0.141. The van der Waals surface area contributed by atoms with E-state index in [1.54, 1.807) is 0 Å². The van der Waals surface area contributed by atoms with Crippen molar-refractivity contribution in [2.75, 3.05) is 12.3 Å². The minimum atomic E-state index is -5.05. The summed E-state index contributed by atoms with van der Waals surface area (Å²) >= 11 is 0. The van der Waals surface area contributed by atoms with E-state index in [4.69, 9.17) is 0 Å². The Morgan fingerprint density at radius 2 is 0.541 bits per heavy atom. The Hall–Kier alpha value is -10.6. The quantitative estimate of drug-likeness (QED) is 0.0356. The lowest BCUT2D eigenvalue weighted by molar-refractivity contribution is -0.372. The summed E-state index contributed by atoms with van der Waals surface area (Å²) in [6.07, 6.45) is -9.27. The zero-order valence-electron chi connectivity index (χ0n) is 52.4. The van der Waals surface area contributed by atoms with E-state index in [0.29, 0.717) is 12.3 Å². The van der Waals surface area contributed by atoms with Gasteiger partial charge in [-0.15, -0.1) is 0 Å². The molecule has 0 spiro atoms. The topological polar surface area (TPSA) is 89.5 Å². The molecule has 0 radical (unpaired) electrons. The zero-order valence-corrected chi connectivity index (χ0v) is 54.2. The highest BCUT2D eigenvalue weighted by atomic mass is 31.2. The van der Waals surface area contributed by atoms with Crippen LogP contribution in [0.1, 0.15) is 31.8 Å². The molecule has 0 aliphatic carbocycles. The lowest BCUT2D eigenvalue weighted by atomic mass is 9.92. The molecule has 15 rings (SSSR count). The van der Waals surface area contributed by atoms with E-state index in [9.17, 15) is 46.0 Å². The highest BCUT2D eigenvalue weighted by molar-refractivity contribution is 7.96. The van der Waals surface area contributed by atoms with Crippen molar-refractivity contribution in [3.8, 4) is 5.75 Å². The van der Waals surface area contributed by atoms with Crippen LogP contribution in [0.15, 0.2) is 334 Å². The fraction of sp³-hybridized carbons (Fsp3) is 0.0476. The van der Waals surface area contributed by atoms with Gasteiger partial charge >= 0.3 is 12.4 Å². The van der Waals surface area contributed by atoms with E-state index >= 15 is 0 Å². The van der Waals surface area contributed by atoms with Gasteiger partial charge < -0.3 is 14.7 Å². The van der Waals surface area contributed by atoms with Crippen LogP contribution in [-0.4, -0.2) is 31.2 Å². The third-order valence-corrected chi connectivity index (χ3v) is 26.4. The Morgan fingerprint density at radius 3 is 0.816 bits per heavy atom. The van der Waals surface area contributed by atoms with Gasteiger partial charge in [-0.2, -0.15) is 26.3 Å². The number of hydrogen-bond acceptors (Lipinski definition) is 5. The molecule has 0 heterocycles. The summed E-state index contributed by atoms with van der Waals surface area (Å²) in [7, 11) is -7.68. The largest absolute Gasteiger partial charge is 0.860 e. The van der Waals surface area contributed by atoms with Gasteiger partial charge in [0.25, 0.3) is 0 Å². The van der Waals surface area contributed by atoms with Crippen molar-refractivity contribution in [3.05, 3.63) is 356 Å². The summed E-state index contributed by atoms with van der Waals surface area (Å²) in [5, 5.41) is 40.6. The number of halogens is 6. The fourth-order valence-electron chi connectivity index (χ4n) is 13.3. The predicted octanol–water partition coefficient (Wildman–Crippen LogP) is 17.5. The summed E-state index contributed by atoms with van der Waals surface area (Å²) in [5.41, 5.74) is -1.67. The van der Waals surface area contributed by atoms with Crippen LogP contribution in [-0.2, 0) is 12.4 Å². The van der Waals surface area contributed by atoms with Gasteiger partial charge in [0.2, 0.25) is 11.6 Å². The lowest BCUT2D eigenvalue weighted by Gasteiger charge is -2.27. The molecule has 98 heavy (non-hydrogen) atoms. The van der Waals surface area contributed by atoms with Gasteiger partial charge in [0.05, 0.1) is 16.9 Å². The van der Waals surface area contributed by atoms with Gasteiger partial charge in [-0.05, 0) is 192 Å². The average Bonchev–Trinajstić information content (AvgIpc) is 0.746. The molecule has 0 aliphatic rings. The predicted molar refractivity (Wildman–Crippen MR) is 389 cm³/mol. The Balaban J connectivity index is 0.000000142. The molecule has 0 amide bonds. The van der Waals surface area contributed by atoms with Crippen LogP contribution < -0.4 is 46.5 Å². The van der Waals surface area contributed by atoms with Crippen LogP contribution in [0.2, 0.25) is 0 Å². The van der Waals surface area contributed by atoms with Crippen LogP contribution in [0, 0.1) is 0 Å². The van der Waals surface area contributed by atoms with Gasteiger partial charge in [-0.1, -0.05) is 206 Å². The maximum Gasteiger partial charge on any atom is 0.416 e. The Bertz CT molecular complexity index is 4830. The molecule has 0 aromatic heterocycles. The molecule has 0 fully saturated rings. The van der Waals surface area contributed by atoms with Crippen LogP contribution in [0.25, 0.3) is 64.6 Å². The minimum Gasteiger partial charge on any atom is -0.860 e. The molecule has 0 aliphatic heterocycles. The zero-order chi connectivity index (χ0) is 68.0. The summed E-state index contributed by atoms with van der Waals surface area (Å²) < 4.78 is 77.5. The number of rotatable bonds is 14. The van der Waals surface area contributed by atoms with Crippen molar-refractivity contribution >= 4 is 130 Å². The molecular formula is C84H59BF6O5P2. The summed E-state index contributed by atoms with van der Waals surface area (Å²) in [4.78, 5) is 29.9. The normalized spacial score (nSPS) is 11.8. The monoisotopic (exact) mass is 1330 g/mol. The van der Waals surface area contributed by atoms with Crippen LogP contribution in [0.4, 0.5) is 26.3 Å². The average molecular weight is 1340 g/mol. The summed E-state index contributed by atoms with van der Waals surface area (Å²) in [6.45, 7) is 0. The van der Waals surface area contributed by atoms with Crippen LogP contribution in [0.3, 0.4) is 0 Å². The van der Waals surface area contributed by atoms with E-state index < -0.39 is 51.1 Å². The first-order valence-corrected chi connectivity index (χ1v) is 35.6. The van der Waals surface area contributed by atoms with Crippen LogP contribution in [0.5, 0.6) is 5.75 Å². The molecule has 14 heteroatoms. The number of fused-ring (bicyclic) bond motifs is 6. The van der Waals surface area contributed by atoms with Crippen molar-refractivity contribution in [1.82, 2.24) is 0 Å². The van der Waals surface area contributed by atoms with Crippen LogP contribution >= 0.6 is 14.5 Å². The number of benzene rings is 15. The molecule has 0 atom stereocenters. The third kappa shape index (κ3) is 13.6. The molecule has 480 valence electrons. The molecule has 0 bridgehead atoms. The first-order valence-electron chi connectivity index (χ1n) is 31.6. The molecular weight excluding hydrogens is 1280 g/mol. The van der Waals surface area contributed by atoms with E-state index in [-0.39, 0.29) is 29.8 Å². The van der Waals surface area contributed by atoms with E-state index in [1.165, 1.54) is 42.6 Å². The molecule has 15 aromatic rings. The van der Waals surface area contributed by atoms with Gasteiger partial charge in [0.15, 0.2) is 0 Å². The molecule has 5 nitrogen and oxygen atoms in total. The fourth-order valence-corrected chi connectivity index (χ4v) is 21.5. The van der Waals surface area contributed by atoms with Gasteiger partial charge in [0, 0.05) is 11.1 Å². The summed E-state index contributed by atoms with van der Waals surface area (Å²) in [6, 6.07) is 111. The second-order valence-corrected chi connectivity index (χ2v) is 30.7. The van der Waals surface area contributed by atoms with Crippen molar-refractivity contribution < 1.29 is 50.6 Å². The Labute approximate surface area is 563 Å². The van der Waals surface area contributed by atoms with E-state index in [2.05, 4.69) is 308 Å². The maximum atomic E-state index is 15.0. The van der Waals surface area contributed by atoms with E-state index in [1.807, 2.05) is 12.1 Å².